The van der Waals surface area contributed by atoms with Crippen LogP contribution in [0.1, 0.15) is 47.5 Å². The molecular weight excluding hydrogens is 199 g/mol. The van der Waals surface area contributed by atoms with E-state index >= 15 is 0 Å². The molecule has 0 aromatic heterocycles. The Bertz CT molecular complexity index is 232. The summed E-state index contributed by atoms with van der Waals surface area (Å²) < 4.78 is 11.9. The Hall–Kier alpha value is -0.275. The molecule has 0 bridgehead atoms. The Balaban J connectivity index is 2.56. The molecule has 1 rings (SSSR count). The fraction of sp³-hybridized carbons (Fsp3) is 0.846. The fourth-order valence-corrected chi connectivity index (χ4v) is 2.01. The van der Waals surface area contributed by atoms with E-state index in [0.717, 1.165) is 12.7 Å². The molecule has 0 amide bonds. The molecule has 1 aliphatic rings. The molecule has 16 heavy (non-hydrogen) atoms. The highest BCUT2D eigenvalue weighted by Gasteiger charge is 2.50. The zero-order chi connectivity index (χ0) is 12.4. The Morgan fingerprint density at radius 2 is 1.69 bits per heavy atom. The van der Waals surface area contributed by atoms with Crippen LogP contribution in [-0.2, 0) is 9.31 Å². The van der Waals surface area contributed by atoms with E-state index in [1.807, 2.05) is 6.08 Å². The molecule has 0 aromatic carbocycles. The lowest BCUT2D eigenvalue weighted by molar-refractivity contribution is 0.00578. The van der Waals surface area contributed by atoms with E-state index in [4.69, 9.17) is 9.31 Å². The summed E-state index contributed by atoms with van der Waals surface area (Å²) in [5, 5.41) is 0. The summed E-state index contributed by atoms with van der Waals surface area (Å²) in [6, 6.07) is 0. The molecule has 0 saturated carbocycles. The van der Waals surface area contributed by atoms with Gasteiger partial charge in [0.05, 0.1) is 11.2 Å². The van der Waals surface area contributed by atoms with Gasteiger partial charge in [0, 0.05) is 0 Å². The molecule has 1 fully saturated rings. The summed E-state index contributed by atoms with van der Waals surface area (Å²) in [4.78, 5) is 0. The third kappa shape index (κ3) is 2.89. The monoisotopic (exact) mass is 224 g/mol. The summed E-state index contributed by atoms with van der Waals surface area (Å²) in [5.41, 5.74) is -0.425. The molecule has 0 aliphatic carbocycles. The lowest BCUT2D eigenvalue weighted by atomic mass is 9.76. The van der Waals surface area contributed by atoms with Crippen LogP contribution in [0.2, 0.25) is 6.32 Å². The lowest BCUT2D eigenvalue weighted by Crippen LogP contribution is -2.41. The Morgan fingerprint density at radius 1 is 1.19 bits per heavy atom. The molecule has 0 radical (unpaired) electrons. The van der Waals surface area contributed by atoms with Crippen LogP contribution in [0.25, 0.3) is 0 Å². The predicted octanol–water partition coefficient (Wildman–Crippen LogP) is 3.68. The Kier molecular flexibility index (Phi) is 4.25. The largest absolute Gasteiger partial charge is 0.458 e. The van der Waals surface area contributed by atoms with E-state index in [2.05, 4.69) is 41.2 Å². The van der Waals surface area contributed by atoms with Crippen LogP contribution in [0.5, 0.6) is 0 Å². The molecule has 92 valence electrons. The second-order valence-corrected chi connectivity index (χ2v) is 5.71. The van der Waals surface area contributed by atoms with Gasteiger partial charge in [0.25, 0.3) is 0 Å². The first-order valence-corrected chi connectivity index (χ1v) is 6.30. The van der Waals surface area contributed by atoms with Gasteiger partial charge >= 0.3 is 7.12 Å². The average molecular weight is 224 g/mol. The summed E-state index contributed by atoms with van der Waals surface area (Å²) in [5.74, 6) is 0.500. The van der Waals surface area contributed by atoms with Gasteiger partial charge in [-0.05, 0) is 46.4 Å². The fourth-order valence-electron chi connectivity index (χ4n) is 2.01. The smallest absolute Gasteiger partial charge is 0.403 e. The second-order valence-electron chi connectivity index (χ2n) is 5.71. The molecule has 0 spiro atoms. The van der Waals surface area contributed by atoms with E-state index in [1.54, 1.807) is 0 Å². The first-order chi connectivity index (χ1) is 7.32. The average Bonchev–Trinajstić information content (AvgIpc) is 2.34. The topological polar surface area (TPSA) is 18.5 Å². The van der Waals surface area contributed by atoms with Gasteiger partial charge in [-0.2, -0.15) is 0 Å². The van der Waals surface area contributed by atoms with Gasteiger partial charge in [-0.25, -0.2) is 0 Å². The van der Waals surface area contributed by atoms with Crippen LogP contribution in [0.15, 0.2) is 12.7 Å². The quantitative estimate of drug-likeness (QED) is 0.523. The molecule has 1 aliphatic heterocycles. The molecule has 1 saturated heterocycles. The number of hydrogen-bond donors (Lipinski definition) is 0. The van der Waals surface area contributed by atoms with Gasteiger partial charge in [0.15, 0.2) is 0 Å². The normalized spacial score (nSPS) is 24.4. The van der Waals surface area contributed by atoms with Crippen molar-refractivity contribution in [3.05, 3.63) is 12.7 Å². The molecule has 0 N–H and O–H groups in total. The molecule has 0 aromatic rings. The highest BCUT2D eigenvalue weighted by atomic mass is 16.7. The molecular formula is C13H25BO2. The van der Waals surface area contributed by atoms with Gasteiger partial charge in [0.2, 0.25) is 0 Å². The van der Waals surface area contributed by atoms with Crippen molar-refractivity contribution in [2.24, 2.45) is 5.92 Å². The van der Waals surface area contributed by atoms with E-state index in [-0.39, 0.29) is 18.3 Å². The van der Waals surface area contributed by atoms with E-state index in [0.29, 0.717) is 5.92 Å². The van der Waals surface area contributed by atoms with Crippen molar-refractivity contribution in [1.29, 1.82) is 0 Å². The maximum absolute atomic E-state index is 5.97. The van der Waals surface area contributed by atoms with Gasteiger partial charge in [0.1, 0.15) is 0 Å². The first-order valence-electron chi connectivity index (χ1n) is 6.30. The molecule has 1 atom stereocenters. The highest BCUT2D eigenvalue weighted by molar-refractivity contribution is 6.45. The summed E-state index contributed by atoms with van der Waals surface area (Å²) in [7, 11) is -0.0837. The van der Waals surface area contributed by atoms with Crippen molar-refractivity contribution in [1.82, 2.24) is 0 Å². The molecule has 3 heteroatoms. The third-order valence-corrected chi connectivity index (χ3v) is 3.79. The zero-order valence-electron chi connectivity index (χ0n) is 11.4. The van der Waals surface area contributed by atoms with Crippen LogP contribution < -0.4 is 0 Å². The van der Waals surface area contributed by atoms with Crippen molar-refractivity contribution in [2.75, 3.05) is 0 Å². The van der Waals surface area contributed by atoms with Crippen molar-refractivity contribution >= 4 is 7.12 Å². The zero-order valence-corrected chi connectivity index (χ0v) is 11.4. The van der Waals surface area contributed by atoms with E-state index < -0.39 is 0 Å². The standard InChI is InChI=1S/C13H25BO2/c1-7-9-11(8-2)10-14-15-12(3,4)13(5,6)16-14/h8,11H,2,7,9-10H2,1,3-6H3. The third-order valence-electron chi connectivity index (χ3n) is 3.79. The Morgan fingerprint density at radius 3 is 2.06 bits per heavy atom. The van der Waals surface area contributed by atoms with E-state index in [1.165, 1.54) is 6.42 Å². The van der Waals surface area contributed by atoms with Crippen LogP contribution >= 0.6 is 0 Å². The molecule has 1 heterocycles. The van der Waals surface area contributed by atoms with Gasteiger partial charge < -0.3 is 9.31 Å². The van der Waals surface area contributed by atoms with Gasteiger partial charge in [-0.3, -0.25) is 0 Å². The van der Waals surface area contributed by atoms with Crippen molar-refractivity contribution in [2.45, 2.75) is 65.0 Å². The summed E-state index contributed by atoms with van der Waals surface area (Å²) in [6.45, 7) is 14.5. The second kappa shape index (κ2) is 4.93. The van der Waals surface area contributed by atoms with Crippen LogP contribution in [0.3, 0.4) is 0 Å². The van der Waals surface area contributed by atoms with Gasteiger partial charge in [-0.15, -0.1) is 6.58 Å². The minimum atomic E-state index is -0.213. The number of allylic oxidation sites excluding steroid dienone is 1. The van der Waals surface area contributed by atoms with Crippen LogP contribution in [0.4, 0.5) is 0 Å². The molecule has 2 nitrogen and oxygen atoms in total. The minimum Gasteiger partial charge on any atom is -0.403 e. The number of rotatable bonds is 5. The maximum atomic E-state index is 5.97. The Labute approximate surface area is 101 Å². The SMILES string of the molecule is C=CC(CCC)CB1OC(C)(C)C(C)(C)O1. The van der Waals surface area contributed by atoms with Crippen molar-refractivity contribution in [3.8, 4) is 0 Å². The van der Waals surface area contributed by atoms with E-state index in [9.17, 15) is 0 Å². The van der Waals surface area contributed by atoms with Gasteiger partial charge in [-0.1, -0.05) is 19.4 Å². The minimum absolute atomic E-state index is 0.0837. The maximum Gasteiger partial charge on any atom is 0.458 e. The molecule has 1 unspecified atom stereocenters. The first kappa shape index (κ1) is 13.8. The van der Waals surface area contributed by atoms with Crippen LogP contribution in [-0.4, -0.2) is 18.3 Å². The summed E-state index contributed by atoms with van der Waals surface area (Å²) >= 11 is 0. The van der Waals surface area contributed by atoms with Crippen molar-refractivity contribution < 1.29 is 9.31 Å². The van der Waals surface area contributed by atoms with Crippen molar-refractivity contribution in [3.63, 3.8) is 0 Å². The predicted molar refractivity (Wildman–Crippen MR) is 69.5 cm³/mol. The number of hydrogen-bond acceptors (Lipinski definition) is 2. The van der Waals surface area contributed by atoms with Crippen LogP contribution in [0, 0.1) is 5.92 Å². The summed E-state index contributed by atoms with van der Waals surface area (Å²) in [6.07, 6.45) is 5.28. The lowest BCUT2D eigenvalue weighted by Gasteiger charge is -2.32. The highest BCUT2D eigenvalue weighted by Crippen LogP contribution is 2.38.